The molecule has 0 unspecified atom stereocenters. The van der Waals surface area contributed by atoms with Gasteiger partial charge in [0.1, 0.15) is 0 Å². The second-order valence-corrected chi connectivity index (χ2v) is 8.92. The van der Waals surface area contributed by atoms with Crippen LogP contribution in [-0.2, 0) is 4.79 Å². The number of rotatable bonds is 3. The Hall–Kier alpha value is -1.53. The van der Waals surface area contributed by atoms with E-state index in [1.165, 1.54) is 35.2 Å². The van der Waals surface area contributed by atoms with Gasteiger partial charge in [-0.15, -0.1) is 0 Å². The molecule has 7 heteroatoms. The van der Waals surface area contributed by atoms with Gasteiger partial charge in [0.15, 0.2) is 4.32 Å². The van der Waals surface area contributed by atoms with Crippen molar-refractivity contribution in [3.63, 3.8) is 0 Å². The molecule has 0 aliphatic carbocycles. The van der Waals surface area contributed by atoms with Crippen LogP contribution in [-0.4, -0.2) is 23.3 Å². The lowest BCUT2D eigenvalue weighted by Crippen LogP contribution is -2.27. The molecule has 0 bridgehead atoms. The van der Waals surface area contributed by atoms with Crippen LogP contribution in [0.25, 0.3) is 6.08 Å². The Labute approximate surface area is 177 Å². The molecule has 0 atom stereocenters. The van der Waals surface area contributed by atoms with Crippen LogP contribution in [0.4, 0.5) is 11.4 Å². The topological polar surface area (TPSA) is 23.6 Å². The first-order valence-electron chi connectivity index (χ1n) is 8.61. The van der Waals surface area contributed by atoms with Crippen LogP contribution >= 0.6 is 47.2 Å². The fourth-order valence-electron chi connectivity index (χ4n) is 3.25. The quantitative estimate of drug-likeness (QED) is 0.436. The van der Waals surface area contributed by atoms with E-state index >= 15 is 0 Å². The number of benzene rings is 2. The molecule has 1 amide bonds. The normalized spacial score (nSPS) is 18.8. The summed E-state index contributed by atoms with van der Waals surface area (Å²) in [4.78, 5) is 17.3. The van der Waals surface area contributed by atoms with Gasteiger partial charge in [-0.1, -0.05) is 59.3 Å². The molecule has 138 valence electrons. The molecule has 0 saturated carbocycles. The molecular formula is C20H16Cl2N2OS2. The molecule has 0 spiro atoms. The number of amides is 1. The van der Waals surface area contributed by atoms with E-state index in [-0.39, 0.29) is 5.91 Å². The van der Waals surface area contributed by atoms with Crippen molar-refractivity contribution in [3.05, 3.63) is 63.0 Å². The number of anilines is 2. The van der Waals surface area contributed by atoms with Gasteiger partial charge in [-0.3, -0.25) is 9.69 Å². The summed E-state index contributed by atoms with van der Waals surface area (Å²) in [5.74, 6) is -0.169. The smallest absolute Gasteiger partial charge is 0.270 e. The second kappa shape index (κ2) is 7.84. The summed E-state index contributed by atoms with van der Waals surface area (Å²) < 4.78 is 0.462. The van der Waals surface area contributed by atoms with E-state index in [0.29, 0.717) is 25.0 Å². The average Bonchev–Trinajstić information content (AvgIpc) is 3.26. The van der Waals surface area contributed by atoms with Gasteiger partial charge in [-0.05, 0) is 54.8 Å². The molecule has 2 aromatic carbocycles. The molecule has 3 nitrogen and oxygen atoms in total. The number of hydrogen-bond donors (Lipinski definition) is 0. The number of carbonyl (C=O) groups is 1. The maximum absolute atomic E-state index is 12.9. The highest BCUT2D eigenvalue weighted by atomic mass is 35.5. The Morgan fingerprint density at radius 3 is 2.41 bits per heavy atom. The van der Waals surface area contributed by atoms with Gasteiger partial charge in [0, 0.05) is 23.8 Å². The van der Waals surface area contributed by atoms with Crippen molar-refractivity contribution < 1.29 is 4.79 Å². The predicted molar refractivity (Wildman–Crippen MR) is 120 cm³/mol. The molecule has 2 heterocycles. The monoisotopic (exact) mass is 434 g/mol. The lowest BCUT2D eigenvalue weighted by Gasteiger charge is -2.17. The molecular weight excluding hydrogens is 419 g/mol. The molecule has 2 aliphatic rings. The van der Waals surface area contributed by atoms with Crippen LogP contribution in [0.3, 0.4) is 0 Å². The third-order valence-electron chi connectivity index (χ3n) is 4.61. The van der Waals surface area contributed by atoms with E-state index in [0.717, 1.165) is 18.7 Å². The summed E-state index contributed by atoms with van der Waals surface area (Å²) in [5.41, 5.74) is 2.75. The number of hydrogen-bond acceptors (Lipinski definition) is 4. The Morgan fingerprint density at radius 2 is 1.74 bits per heavy atom. The summed E-state index contributed by atoms with van der Waals surface area (Å²) >= 11 is 18.9. The molecule has 2 saturated heterocycles. The minimum atomic E-state index is -0.169. The predicted octanol–water partition coefficient (Wildman–Crippen LogP) is 6.00. The highest BCUT2D eigenvalue weighted by Crippen LogP contribution is 2.39. The minimum Gasteiger partial charge on any atom is -0.372 e. The van der Waals surface area contributed by atoms with Crippen molar-refractivity contribution in [3.8, 4) is 0 Å². The van der Waals surface area contributed by atoms with Gasteiger partial charge in [0.25, 0.3) is 5.91 Å². The Morgan fingerprint density at radius 1 is 1.04 bits per heavy atom. The van der Waals surface area contributed by atoms with Crippen molar-refractivity contribution in [1.29, 1.82) is 0 Å². The van der Waals surface area contributed by atoms with Crippen LogP contribution in [0, 0.1) is 0 Å². The van der Waals surface area contributed by atoms with Crippen LogP contribution in [0.15, 0.2) is 47.4 Å². The first kappa shape index (κ1) is 18.8. The zero-order valence-electron chi connectivity index (χ0n) is 14.3. The van der Waals surface area contributed by atoms with Crippen LogP contribution < -0.4 is 9.80 Å². The summed E-state index contributed by atoms with van der Waals surface area (Å²) in [5, 5.41) is 0.915. The van der Waals surface area contributed by atoms with Gasteiger partial charge in [0.05, 0.1) is 15.6 Å². The van der Waals surface area contributed by atoms with Crippen molar-refractivity contribution in [2.75, 3.05) is 22.9 Å². The molecule has 2 aromatic rings. The summed E-state index contributed by atoms with van der Waals surface area (Å²) in [7, 11) is 0. The van der Waals surface area contributed by atoms with Crippen molar-refractivity contribution in [2.24, 2.45) is 0 Å². The molecule has 27 heavy (non-hydrogen) atoms. The zero-order chi connectivity index (χ0) is 19.0. The van der Waals surface area contributed by atoms with E-state index in [1.54, 1.807) is 18.2 Å². The maximum atomic E-state index is 12.9. The SMILES string of the molecule is O=C1/C(=C/c2ccc(N3CCCC3)cc2)SC(=S)N1c1ccc(Cl)cc1Cl. The molecule has 2 fully saturated rings. The number of nitrogens with zero attached hydrogens (tertiary/aromatic N) is 2. The third-order valence-corrected chi connectivity index (χ3v) is 6.45. The highest BCUT2D eigenvalue weighted by Gasteiger charge is 2.34. The fourth-order valence-corrected chi connectivity index (χ4v) is 5.02. The van der Waals surface area contributed by atoms with E-state index in [2.05, 4.69) is 17.0 Å². The molecule has 4 rings (SSSR count). The first-order chi connectivity index (χ1) is 13.0. The lowest BCUT2D eigenvalue weighted by atomic mass is 10.1. The maximum Gasteiger partial charge on any atom is 0.270 e. The van der Waals surface area contributed by atoms with Gasteiger partial charge >= 0.3 is 0 Å². The standard InChI is InChI=1S/C20H16Cl2N2OS2/c21-14-5-8-17(16(22)12-14)24-19(25)18(27-20(24)26)11-13-3-6-15(7-4-13)23-9-1-2-10-23/h3-8,11-12H,1-2,9-10H2/b18-11-. The number of thiocarbonyl (C=S) groups is 1. The Bertz CT molecular complexity index is 937. The summed E-state index contributed by atoms with van der Waals surface area (Å²) in [6.45, 7) is 2.22. The number of thioether (sulfide) groups is 1. The number of halogens is 2. The largest absolute Gasteiger partial charge is 0.372 e. The van der Waals surface area contributed by atoms with E-state index in [4.69, 9.17) is 35.4 Å². The zero-order valence-corrected chi connectivity index (χ0v) is 17.5. The van der Waals surface area contributed by atoms with E-state index < -0.39 is 0 Å². The summed E-state index contributed by atoms with van der Waals surface area (Å²) in [6.07, 6.45) is 4.37. The van der Waals surface area contributed by atoms with Crippen molar-refractivity contribution in [1.82, 2.24) is 0 Å². The summed E-state index contributed by atoms with van der Waals surface area (Å²) in [6, 6.07) is 13.3. The van der Waals surface area contributed by atoms with Gasteiger partial charge in [-0.25, -0.2) is 0 Å². The minimum absolute atomic E-state index is 0.169. The lowest BCUT2D eigenvalue weighted by molar-refractivity contribution is -0.113. The van der Waals surface area contributed by atoms with E-state index in [1.807, 2.05) is 18.2 Å². The molecule has 0 aromatic heterocycles. The van der Waals surface area contributed by atoms with E-state index in [9.17, 15) is 4.79 Å². The third kappa shape index (κ3) is 3.87. The second-order valence-electron chi connectivity index (χ2n) is 6.40. The van der Waals surface area contributed by atoms with Crippen LogP contribution in [0.1, 0.15) is 18.4 Å². The average molecular weight is 435 g/mol. The van der Waals surface area contributed by atoms with Crippen molar-refractivity contribution >= 4 is 74.9 Å². The Balaban J connectivity index is 1.57. The molecule has 2 aliphatic heterocycles. The first-order valence-corrected chi connectivity index (χ1v) is 10.6. The molecule has 0 radical (unpaired) electrons. The van der Waals surface area contributed by atoms with Crippen LogP contribution in [0.2, 0.25) is 10.0 Å². The Kier molecular flexibility index (Phi) is 5.46. The highest BCUT2D eigenvalue weighted by molar-refractivity contribution is 8.27. The van der Waals surface area contributed by atoms with Gasteiger partial charge < -0.3 is 4.90 Å². The van der Waals surface area contributed by atoms with Crippen LogP contribution in [0.5, 0.6) is 0 Å². The number of carbonyl (C=O) groups excluding carboxylic acids is 1. The fraction of sp³-hybridized carbons (Fsp3) is 0.200. The molecule has 0 N–H and O–H groups in total. The van der Waals surface area contributed by atoms with Gasteiger partial charge in [0.2, 0.25) is 0 Å². The van der Waals surface area contributed by atoms with Crippen molar-refractivity contribution in [2.45, 2.75) is 12.8 Å². The van der Waals surface area contributed by atoms with Gasteiger partial charge in [-0.2, -0.15) is 0 Å².